The lowest BCUT2D eigenvalue weighted by atomic mass is 9.83. The van der Waals surface area contributed by atoms with Crippen molar-refractivity contribution in [1.29, 1.82) is 0 Å². The van der Waals surface area contributed by atoms with Crippen LogP contribution >= 0.6 is 0 Å². The van der Waals surface area contributed by atoms with Gasteiger partial charge in [-0.2, -0.15) is 0 Å². The average Bonchev–Trinajstić information content (AvgIpc) is 2.41. The van der Waals surface area contributed by atoms with Gasteiger partial charge in [-0.05, 0) is 49.4 Å². The van der Waals surface area contributed by atoms with Crippen LogP contribution in [0.15, 0.2) is 23.1 Å². The molecule has 0 amide bonds. The van der Waals surface area contributed by atoms with Crippen molar-refractivity contribution >= 4 is 10.0 Å². The molecule has 4 nitrogen and oxygen atoms in total. The summed E-state index contributed by atoms with van der Waals surface area (Å²) in [6.45, 7) is 5.78. The molecule has 1 aliphatic rings. The molecule has 1 aromatic rings. The molecule has 2 N–H and O–H groups in total. The van der Waals surface area contributed by atoms with Gasteiger partial charge in [-0.3, -0.25) is 0 Å². The second-order valence-corrected chi connectivity index (χ2v) is 7.59. The van der Waals surface area contributed by atoms with Crippen molar-refractivity contribution in [2.24, 2.45) is 5.41 Å². The number of aryl methyl sites for hydroxylation is 1. The first-order valence-electron chi connectivity index (χ1n) is 6.79. The van der Waals surface area contributed by atoms with Gasteiger partial charge in [0.1, 0.15) is 5.82 Å². The third-order valence-electron chi connectivity index (χ3n) is 3.83. The van der Waals surface area contributed by atoms with E-state index in [0.717, 1.165) is 32.0 Å². The minimum absolute atomic E-state index is 0.0204. The van der Waals surface area contributed by atoms with Crippen molar-refractivity contribution in [2.45, 2.75) is 31.6 Å². The Kier molecular flexibility index (Phi) is 4.46. The summed E-state index contributed by atoms with van der Waals surface area (Å²) in [5.41, 5.74) is 0.349. The Balaban J connectivity index is 2.09. The number of piperidine rings is 1. The Morgan fingerprint density at radius 1 is 1.45 bits per heavy atom. The molecule has 0 aliphatic carbocycles. The van der Waals surface area contributed by atoms with Crippen LogP contribution in [0.2, 0.25) is 0 Å². The van der Waals surface area contributed by atoms with Crippen molar-refractivity contribution in [1.82, 2.24) is 10.0 Å². The number of hydrogen-bond acceptors (Lipinski definition) is 3. The number of rotatable bonds is 4. The lowest BCUT2D eigenvalue weighted by molar-refractivity contribution is 0.238. The predicted molar refractivity (Wildman–Crippen MR) is 76.5 cm³/mol. The monoisotopic (exact) mass is 300 g/mol. The smallest absolute Gasteiger partial charge is 0.240 e. The van der Waals surface area contributed by atoms with Crippen LogP contribution in [0.1, 0.15) is 25.3 Å². The molecule has 1 atom stereocenters. The number of benzene rings is 1. The Hall–Kier alpha value is -0.980. The van der Waals surface area contributed by atoms with Crippen LogP contribution in [0.4, 0.5) is 4.39 Å². The van der Waals surface area contributed by atoms with E-state index in [0.29, 0.717) is 12.1 Å². The van der Waals surface area contributed by atoms with Crippen LogP contribution in [-0.2, 0) is 10.0 Å². The summed E-state index contributed by atoms with van der Waals surface area (Å²) in [5.74, 6) is -0.501. The average molecular weight is 300 g/mol. The lowest BCUT2D eigenvalue weighted by Gasteiger charge is -2.34. The SMILES string of the molecule is Cc1ccc(S(=O)(=O)NCC2(C)CCCNC2)cc1F. The van der Waals surface area contributed by atoms with Crippen molar-refractivity contribution < 1.29 is 12.8 Å². The predicted octanol–water partition coefficient (Wildman–Crippen LogP) is 1.80. The number of hydrogen-bond donors (Lipinski definition) is 2. The maximum atomic E-state index is 13.5. The van der Waals surface area contributed by atoms with E-state index in [-0.39, 0.29) is 10.3 Å². The van der Waals surface area contributed by atoms with Gasteiger partial charge in [-0.1, -0.05) is 13.0 Å². The van der Waals surface area contributed by atoms with Gasteiger partial charge in [0.15, 0.2) is 0 Å². The molecule has 112 valence electrons. The van der Waals surface area contributed by atoms with Gasteiger partial charge in [0.2, 0.25) is 10.0 Å². The van der Waals surface area contributed by atoms with Gasteiger partial charge in [-0.15, -0.1) is 0 Å². The zero-order chi connectivity index (χ0) is 14.8. The molecule has 0 radical (unpaired) electrons. The molecule has 0 bridgehead atoms. The van der Waals surface area contributed by atoms with Gasteiger partial charge < -0.3 is 5.32 Å². The van der Waals surface area contributed by atoms with E-state index in [1.165, 1.54) is 12.1 Å². The minimum atomic E-state index is -3.65. The quantitative estimate of drug-likeness (QED) is 0.891. The Labute approximate surface area is 119 Å². The first-order chi connectivity index (χ1) is 9.32. The maximum Gasteiger partial charge on any atom is 0.240 e. The van der Waals surface area contributed by atoms with E-state index in [1.807, 2.05) is 0 Å². The van der Waals surface area contributed by atoms with Gasteiger partial charge in [0.05, 0.1) is 4.90 Å². The summed E-state index contributed by atoms with van der Waals surface area (Å²) in [6.07, 6.45) is 2.02. The molecule has 0 spiro atoms. The fourth-order valence-electron chi connectivity index (χ4n) is 2.36. The first kappa shape index (κ1) is 15.4. The van der Waals surface area contributed by atoms with Crippen molar-refractivity contribution in [2.75, 3.05) is 19.6 Å². The zero-order valence-corrected chi connectivity index (χ0v) is 12.7. The standard InChI is InChI=1S/C14H21FN2O2S/c1-11-4-5-12(8-13(11)15)20(18,19)17-10-14(2)6-3-7-16-9-14/h4-5,8,16-17H,3,6-7,9-10H2,1-2H3. The van der Waals surface area contributed by atoms with E-state index >= 15 is 0 Å². The molecule has 2 rings (SSSR count). The van der Waals surface area contributed by atoms with Gasteiger partial charge in [0, 0.05) is 13.1 Å². The molecule has 1 fully saturated rings. The molecular weight excluding hydrogens is 279 g/mol. The maximum absolute atomic E-state index is 13.5. The van der Waals surface area contributed by atoms with E-state index < -0.39 is 15.8 Å². The van der Waals surface area contributed by atoms with E-state index in [9.17, 15) is 12.8 Å². The minimum Gasteiger partial charge on any atom is -0.316 e. The summed E-state index contributed by atoms with van der Waals surface area (Å²) < 4.78 is 40.4. The van der Waals surface area contributed by atoms with Crippen LogP contribution in [0, 0.1) is 18.2 Å². The van der Waals surface area contributed by atoms with Crippen molar-refractivity contribution in [3.63, 3.8) is 0 Å². The molecule has 6 heteroatoms. The molecule has 1 aromatic carbocycles. The molecule has 0 aromatic heterocycles. The van der Waals surface area contributed by atoms with E-state index in [2.05, 4.69) is 17.0 Å². The van der Waals surface area contributed by atoms with Crippen LogP contribution in [-0.4, -0.2) is 28.1 Å². The fourth-order valence-corrected chi connectivity index (χ4v) is 3.57. The lowest BCUT2D eigenvalue weighted by Crippen LogP contribution is -2.45. The third-order valence-corrected chi connectivity index (χ3v) is 5.23. The summed E-state index contributed by atoms with van der Waals surface area (Å²) in [5, 5.41) is 3.27. The molecule has 1 heterocycles. The number of nitrogens with one attached hydrogen (secondary N) is 2. The van der Waals surface area contributed by atoms with Crippen LogP contribution < -0.4 is 10.0 Å². The highest BCUT2D eigenvalue weighted by Crippen LogP contribution is 2.25. The summed E-state index contributed by atoms with van der Waals surface area (Å²) >= 11 is 0. The Morgan fingerprint density at radius 3 is 2.80 bits per heavy atom. The highest BCUT2D eigenvalue weighted by atomic mass is 32.2. The second kappa shape index (κ2) is 5.79. The molecule has 1 aliphatic heterocycles. The van der Waals surface area contributed by atoms with Crippen molar-refractivity contribution in [3.05, 3.63) is 29.6 Å². The second-order valence-electron chi connectivity index (χ2n) is 5.83. The van der Waals surface area contributed by atoms with Crippen LogP contribution in [0.25, 0.3) is 0 Å². The van der Waals surface area contributed by atoms with E-state index in [1.54, 1.807) is 6.92 Å². The number of sulfonamides is 1. The zero-order valence-electron chi connectivity index (χ0n) is 11.9. The highest BCUT2D eigenvalue weighted by molar-refractivity contribution is 7.89. The number of halogens is 1. The highest BCUT2D eigenvalue weighted by Gasteiger charge is 2.28. The van der Waals surface area contributed by atoms with Gasteiger partial charge in [-0.25, -0.2) is 17.5 Å². The van der Waals surface area contributed by atoms with Gasteiger partial charge >= 0.3 is 0 Å². The third kappa shape index (κ3) is 3.56. The normalized spacial score (nSPS) is 23.8. The molecular formula is C14H21FN2O2S. The fraction of sp³-hybridized carbons (Fsp3) is 0.571. The molecule has 1 unspecified atom stereocenters. The Bertz CT molecular complexity index is 581. The van der Waals surface area contributed by atoms with Crippen LogP contribution in [0.5, 0.6) is 0 Å². The largest absolute Gasteiger partial charge is 0.316 e. The summed E-state index contributed by atoms with van der Waals surface area (Å²) in [6, 6.07) is 3.98. The van der Waals surface area contributed by atoms with E-state index in [4.69, 9.17) is 0 Å². The van der Waals surface area contributed by atoms with Crippen LogP contribution in [0.3, 0.4) is 0 Å². The topological polar surface area (TPSA) is 58.2 Å². The summed E-state index contributed by atoms with van der Waals surface area (Å²) in [7, 11) is -3.65. The molecule has 20 heavy (non-hydrogen) atoms. The first-order valence-corrected chi connectivity index (χ1v) is 8.27. The summed E-state index contributed by atoms with van der Waals surface area (Å²) in [4.78, 5) is -0.0204. The van der Waals surface area contributed by atoms with Crippen molar-refractivity contribution in [3.8, 4) is 0 Å². The molecule has 1 saturated heterocycles. The molecule has 0 saturated carbocycles. The Morgan fingerprint density at radius 2 is 2.20 bits per heavy atom. The van der Waals surface area contributed by atoms with Gasteiger partial charge in [0.25, 0.3) is 0 Å².